The molecule has 2 rings (SSSR count). The van der Waals surface area contributed by atoms with Crippen molar-refractivity contribution in [3.63, 3.8) is 0 Å². The van der Waals surface area contributed by atoms with Crippen molar-refractivity contribution in [1.29, 1.82) is 0 Å². The van der Waals surface area contributed by atoms with Crippen molar-refractivity contribution in [2.45, 2.75) is 12.2 Å². The second-order valence-electron chi connectivity index (χ2n) is 4.49. The molecule has 2 nitrogen and oxygen atoms in total. The summed E-state index contributed by atoms with van der Waals surface area (Å²) in [6.45, 7) is 0. The lowest BCUT2D eigenvalue weighted by Crippen LogP contribution is -2.12. The molecule has 0 radical (unpaired) electrons. The van der Waals surface area contributed by atoms with Gasteiger partial charge in [-0.25, -0.2) is 4.39 Å². The topological polar surface area (TPSA) is 29.1 Å². The van der Waals surface area contributed by atoms with E-state index in [4.69, 9.17) is 0 Å². The molecule has 0 aliphatic carbocycles. The number of rotatable bonds is 6. The van der Waals surface area contributed by atoms with E-state index in [0.29, 0.717) is 12.1 Å². The van der Waals surface area contributed by atoms with Gasteiger partial charge in [-0.1, -0.05) is 34.1 Å². The molecule has 1 amide bonds. The number of carbonyl (C=O) groups is 1. The van der Waals surface area contributed by atoms with Crippen molar-refractivity contribution in [2.24, 2.45) is 0 Å². The molecule has 21 heavy (non-hydrogen) atoms. The van der Waals surface area contributed by atoms with Crippen LogP contribution < -0.4 is 5.32 Å². The molecule has 0 aliphatic heterocycles. The molecule has 0 fully saturated rings. The molecule has 0 atom stereocenters. The van der Waals surface area contributed by atoms with E-state index < -0.39 is 0 Å². The molecule has 0 aromatic heterocycles. The lowest BCUT2D eigenvalue weighted by molar-refractivity contribution is -0.115. The highest BCUT2D eigenvalue weighted by molar-refractivity contribution is 9.10. The zero-order valence-electron chi connectivity index (χ0n) is 11.3. The first kappa shape index (κ1) is 16.0. The van der Waals surface area contributed by atoms with Gasteiger partial charge in [-0.3, -0.25) is 4.79 Å². The summed E-state index contributed by atoms with van der Waals surface area (Å²) in [6, 6.07) is 14.0. The number of benzene rings is 2. The van der Waals surface area contributed by atoms with Gasteiger partial charge in [0.1, 0.15) is 5.82 Å². The number of hydrogen-bond donors (Lipinski definition) is 1. The minimum Gasteiger partial charge on any atom is -0.326 e. The van der Waals surface area contributed by atoms with Gasteiger partial charge in [-0.2, -0.15) is 11.8 Å². The Hall–Kier alpha value is -1.33. The molecular weight excluding hydrogens is 353 g/mol. The van der Waals surface area contributed by atoms with E-state index >= 15 is 0 Å². The molecular formula is C16H15BrFNOS. The third kappa shape index (κ3) is 5.89. The Labute approximate surface area is 136 Å². The number of halogens is 2. The van der Waals surface area contributed by atoms with E-state index in [1.165, 1.54) is 17.7 Å². The summed E-state index contributed by atoms with van der Waals surface area (Å²) in [5, 5.41) is 2.69. The fourth-order valence-electron chi connectivity index (χ4n) is 1.77. The summed E-state index contributed by atoms with van der Waals surface area (Å²) in [5.41, 5.74) is 1.72. The Morgan fingerprint density at radius 2 is 2.00 bits per heavy atom. The van der Waals surface area contributed by atoms with E-state index in [1.807, 2.05) is 12.1 Å². The van der Waals surface area contributed by atoms with Crippen LogP contribution in [-0.2, 0) is 10.5 Å². The number of hydrogen-bond acceptors (Lipinski definition) is 2. The SMILES string of the molecule is O=C(CCSCc1cccc(Br)c1)Nc1cccc(F)c1. The molecule has 0 saturated carbocycles. The van der Waals surface area contributed by atoms with Crippen LogP contribution in [0.1, 0.15) is 12.0 Å². The van der Waals surface area contributed by atoms with Gasteiger partial charge in [-0.05, 0) is 35.9 Å². The van der Waals surface area contributed by atoms with Crippen LogP contribution in [0.3, 0.4) is 0 Å². The Morgan fingerprint density at radius 3 is 2.76 bits per heavy atom. The number of amides is 1. The van der Waals surface area contributed by atoms with Gasteiger partial charge in [0.25, 0.3) is 0 Å². The average molecular weight is 368 g/mol. The molecule has 0 saturated heterocycles. The van der Waals surface area contributed by atoms with Gasteiger partial charge in [0.05, 0.1) is 0 Å². The van der Waals surface area contributed by atoms with Gasteiger partial charge in [0.15, 0.2) is 0 Å². The normalized spacial score (nSPS) is 10.4. The van der Waals surface area contributed by atoms with Crippen molar-refractivity contribution >= 4 is 39.3 Å². The van der Waals surface area contributed by atoms with E-state index in [9.17, 15) is 9.18 Å². The second kappa shape index (κ2) is 8.20. The highest BCUT2D eigenvalue weighted by Gasteiger charge is 2.03. The Balaban J connectivity index is 1.70. The molecule has 0 bridgehead atoms. The van der Waals surface area contributed by atoms with E-state index in [2.05, 4.69) is 33.4 Å². The molecule has 110 valence electrons. The number of carbonyl (C=O) groups excluding carboxylic acids is 1. The van der Waals surface area contributed by atoms with Crippen LogP contribution in [0.4, 0.5) is 10.1 Å². The van der Waals surface area contributed by atoms with Crippen LogP contribution >= 0.6 is 27.7 Å². The molecule has 0 aliphatic rings. The zero-order chi connectivity index (χ0) is 15.1. The summed E-state index contributed by atoms with van der Waals surface area (Å²) < 4.78 is 14.0. The maximum atomic E-state index is 13.0. The van der Waals surface area contributed by atoms with Crippen molar-refractivity contribution in [3.8, 4) is 0 Å². The molecule has 2 aromatic rings. The standard InChI is InChI=1S/C16H15BrFNOS/c17-13-4-1-3-12(9-13)11-21-8-7-16(20)19-15-6-2-5-14(18)10-15/h1-6,9-10H,7-8,11H2,(H,19,20). The minimum absolute atomic E-state index is 0.0951. The molecule has 2 aromatic carbocycles. The second-order valence-corrected chi connectivity index (χ2v) is 6.51. The molecule has 5 heteroatoms. The van der Waals surface area contributed by atoms with Crippen molar-refractivity contribution in [1.82, 2.24) is 0 Å². The van der Waals surface area contributed by atoms with Crippen molar-refractivity contribution < 1.29 is 9.18 Å². The number of anilines is 1. The monoisotopic (exact) mass is 367 g/mol. The first-order chi connectivity index (χ1) is 10.1. The van der Waals surface area contributed by atoms with Crippen molar-refractivity contribution in [2.75, 3.05) is 11.1 Å². The maximum Gasteiger partial charge on any atom is 0.225 e. The first-order valence-corrected chi connectivity index (χ1v) is 8.46. The number of thioether (sulfide) groups is 1. The highest BCUT2D eigenvalue weighted by atomic mass is 79.9. The van der Waals surface area contributed by atoms with Gasteiger partial charge < -0.3 is 5.32 Å². The largest absolute Gasteiger partial charge is 0.326 e. The van der Waals surface area contributed by atoms with Crippen molar-refractivity contribution in [3.05, 3.63) is 64.4 Å². The van der Waals surface area contributed by atoms with Crippen LogP contribution in [0, 0.1) is 5.82 Å². The third-order valence-electron chi connectivity index (χ3n) is 2.74. The average Bonchev–Trinajstić information content (AvgIpc) is 2.44. The lowest BCUT2D eigenvalue weighted by Gasteiger charge is -2.05. The van der Waals surface area contributed by atoms with Crippen LogP contribution in [0.5, 0.6) is 0 Å². The smallest absolute Gasteiger partial charge is 0.225 e. The lowest BCUT2D eigenvalue weighted by atomic mass is 10.2. The van der Waals surface area contributed by atoms with Crippen LogP contribution in [-0.4, -0.2) is 11.7 Å². The predicted molar refractivity (Wildman–Crippen MR) is 90.0 cm³/mol. The highest BCUT2D eigenvalue weighted by Crippen LogP contribution is 2.18. The molecule has 1 N–H and O–H groups in total. The van der Waals surface area contributed by atoms with Gasteiger partial charge >= 0.3 is 0 Å². The summed E-state index contributed by atoms with van der Waals surface area (Å²) >= 11 is 5.13. The maximum absolute atomic E-state index is 13.0. The van der Waals surface area contributed by atoms with Gasteiger partial charge in [-0.15, -0.1) is 0 Å². The Bertz CT molecular complexity index is 621. The molecule has 0 heterocycles. The summed E-state index contributed by atoms with van der Waals surface area (Å²) in [4.78, 5) is 11.7. The Kier molecular flexibility index (Phi) is 6.26. The van der Waals surface area contributed by atoms with E-state index in [0.717, 1.165) is 16.0 Å². The summed E-state index contributed by atoms with van der Waals surface area (Å²) in [5.74, 6) is 1.15. The van der Waals surface area contributed by atoms with Gasteiger partial charge in [0.2, 0.25) is 5.91 Å². The summed E-state index contributed by atoms with van der Waals surface area (Å²) in [6.07, 6.45) is 0.412. The predicted octanol–water partition coefficient (Wildman–Crippen LogP) is 4.85. The quantitative estimate of drug-likeness (QED) is 0.739. The minimum atomic E-state index is -0.350. The molecule has 0 unspecified atom stereocenters. The third-order valence-corrected chi connectivity index (χ3v) is 4.26. The fourth-order valence-corrected chi connectivity index (χ4v) is 3.11. The fraction of sp³-hybridized carbons (Fsp3) is 0.188. The number of nitrogens with one attached hydrogen (secondary N) is 1. The van der Waals surface area contributed by atoms with Crippen LogP contribution in [0.15, 0.2) is 53.0 Å². The summed E-state index contributed by atoms with van der Waals surface area (Å²) in [7, 11) is 0. The first-order valence-electron chi connectivity index (χ1n) is 6.51. The zero-order valence-corrected chi connectivity index (χ0v) is 13.7. The molecule has 0 spiro atoms. The Morgan fingerprint density at radius 1 is 1.19 bits per heavy atom. The van der Waals surface area contributed by atoms with E-state index in [1.54, 1.807) is 23.9 Å². The van der Waals surface area contributed by atoms with E-state index in [-0.39, 0.29) is 11.7 Å². The van der Waals surface area contributed by atoms with Crippen LogP contribution in [0.25, 0.3) is 0 Å². The van der Waals surface area contributed by atoms with Gasteiger partial charge in [0, 0.05) is 28.1 Å². The van der Waals surface area contributed by atoms with Crippen LogP contribution in [0.2, 0.25) is 0 Å².